The van der Waals surface area contributed by atoms with Gasteiger partial charge in [0, 0.05) is 19.2 Å². The highest BCUT2D eigenvalue weighted by Gasteiger charge is 2.10. The van der Waals surface area contributed by atoms with Gasteiger partial charge in [0.25, 0.3) is 5.91 Å². The third-order valence-corrected chi connectivity index (χ3v) is 2.56. The van der Waals surface area contributed by atoms with E-state index in [1.165, 1.54) is 12.1 Å². The van der Waals surface area contributed by atoms with Crippen molar-refractivity contribution in [2.75, 3.05) is 26.0 Å². The number of amides is 1. The Bertz CT molecular complexity index is 373. The number of halogens is 2. The van der Waals surface area contributed by atoms with E-state index >= 15 is 0 Å². The van der Waals surface area contributed by atoms with Crippen LogP contribution in [0.4, 0.5) is 5.69 Å². The molecule has 0 aliphatic carbocycles. The second kappa shape index (κ2) is 5.94. The molecule has 4 nitrogen and oxygen atoms in total. The van der Waals surface area contributed by atoms with Gasteiger partial charge in [0.05, 0.1) is 22.3 Å². The summed E-state index contributed by atoms with van der Waals surface area (Å²) in [5, 5.41) is 3.19. The smallest absolute Gasteiger partial charge is 0.251 e. The van der Waals surface area contributed by atoms with Gasteiger partial charge >= 0.3 is 0 Å². The Morgan fingerprint density at radius 3 is 2.50 bits per heavy atom. The van der Waals surface area contributed by atoms with Crippen LogP contribution in [0.15, 0.2) is 12.1 Å². The number of methoxy groups -OCH3 is 1. The second-order valence-electron chi connectivity index (χ2n) is 3.10. The summed E-state index contributed by atoms with van der Waals surface area (Å²) in [4.78, 5) is 11.6. The van der Waals surface area contributed by atoms with Gasteiger partial charge in [-0.2, -0.15) is 0 Å². The maximum atomic E-state index is 11.6. The normalized spacial score (nSPS) is 10.2. The number of benzene rings is 1. The van der Waals surface area contributed by atoms with Crippen molar-refractivity contribution in [3.63, 3.8) is 0 Å². The molecule has 88 valence electrons. The number of nitrogens with one attached hydrogen (secondary N) is 1. The molecule has 0 fully saturated rings. The highest BCUT2D eigenvalue weighted by molar-refractivity contribution is 6.39. The van der Waals surface area contributed by atoms with Gasteiger partial charge in [-0.15, -0.1) is 0 Å². The van der Waals surface area contributed by atoms with Crippen molar-refractivity contribution in [1.82, 2.24) is 5.32 Å². The highest BCUT2D eigenvalue weighted by atomic mass is 35.5. The van der Waals surface area contributed by atoms with Crippen LogP contribution < -0.4 is 11.1 Å². The van der Waals surface area contributed by atoms with Crippen LogP contribution in [0.2, 0.25) is 10.0 Å². The van der Waals surface area contributed by atoms with Crippen molar-refractivity contribution in [2.45, 2.75) is 0 Å². The molecular weight excluding hydrogens is 251 g/mol. The largest absolute Gasteiger partial charge is 0.396 e. The molecule has 1 rings (SSSR count). The number of ether oxygens (including phenoxy) is 1. The molecule has 16 heavy (non-hydrogen) atoms. The Morgan fingerprint density at radius 1 is 1.44 bits per heavy atom. The number of nitrogen functional groups attached to an aromatic ring is 1. The van der Waals surface area contributed by atoms with Crippen LogP contribution in [0, 0.1) is 0 Å². The van der Waals surface area contributed by atoms with Gasteiger partial charge in [-0.05, 0) is 12.1 Å². The van der Waals surface area contributed by atoms with Gasteiger partial charge in [-0.1, -0.05) is 23.2 Å². The molecule has 0 radical (unpaired) electrons. The maximum Gasteiger partial charge on any atom is 0.251 e. The second-order valence-corrected chi connectivity index (χ2v) is 3.92. The fourth-order valence-electron chi connectivity index (χ4n) is 1.08. The number of carbonyl (C=O) groups excluding carboxylic acids is 1. The van der Waals surface area contributed by atoms with Crippen LogP contribution in [0.3, 0.4) is 0 Å². The van der Waals surface area contributed by atoms with E-state index in [1.807, 2.05) is 0 Å². The van der Waals surface area contributed by atoms with Crippen molar-refractivity contribution in [3.8, 4) is 0 Å². The molecule has 1 aromatic carbocycles. The van der Waals surface area contributed by atoms with Crippen LogP contribution in [-0.2, 0) is 4.74 Å². The molecule has 1 amide bonds. The zero-order valence-electron chi connectivity index (χ0n) is 8.72. The molecule has 3 N–H and O–H groups in total. The average Bonchev–Trinajstić information content (AvgIpc) is 2.25. The van der Waals surface area contributed by atoms with Crippen molar-refractivity contribution in [2.24, 2.45) is 0 Å². The van der Waals surface area contributed by atoms with E-state index in [4.69, 9.17) is 33.7 Å². The first-order chi connectivity index (χ1) is 7.56. The highest BCUT2D eigenvalue weighted by Crippen LogP contribution is 2.28. The van der Waals surface area contributed by atoms with Gasteiger partial charge in [-0.3, -0.25) is 4.79 Å². The Hall–Kier alpha value is -0.970. The molecule has 0 aromatic heterocycles. The fourth-order valence-corrected chi connectivity index (χ4v) is 1.57. The van der Waals surface area contributed by atoms with E-state index in [0.29, 0.717) is 18.7 Å². The third kappa shape index (κ3) is 3.27. The van der Waals surface area contributed by atoms with E-state index in [2.05, 4.69) is 5.32 Å². The number of nitrogens with two attached hydrogens (primary N) is 1. The number of hydrogen-bond donors (Lipinski definition) is 2. The van der Waals surface area contributed by atoms with Gasteiger partial charge in [0.15, 0.2) is 0 Å². The topological polar surface area (TPSA) is 64.3 Å². The van der Waals surface area contributed by atoms with Crippen LogP contribution in [0.5, 0.6) is 0 Å². The van der Waals surface area contributed by atoms with Crippen molar-refractivity contribution < 1.29 is 9.53 Å². The van der Waals surface area contributed by atoms with Crippen LogP contribution in [-0.4, -0.2) is 26.2 Å². The van der Waals surface area contributed by atoms with E-state index in [1.54, 1.807) is 7.11 Å². The zero-order chi connectivity index (χ0) is 12.1. The lowest BCUT2D eigenvalue weighted by Gasteiger charge is -2.07. The van der Waals surface area contributed by atoms with Crippen LogP contribution in [0.1, 0.15) is 10.4 Å². The summed E-state index contributed by atoms with van der Waals surface area (Å²) in [6, 6.07) is 2.95. The first kappa shape index (κ1) is 13.1. The predicted molar refractivity (Wildman–Crippen MR) is 65.1 cm³/mol. The van der Waals surface area contributed by atoms with E-state index in [-0.39, 0.29) is 21.6 Å². The minimum Gasteiger partial charge on any atom is -0.396 e. The minimum atomic E-state index is -0.263. The Morgan fingerprint density at radius 2 is 2.00 bits per heavy atom. The van der Waals surface area contributed by atoms with Crippen LogP contribution >= 0.6 is 23.2 Å². The van der Waals surface area contributed by atoms with Gasteiger partial charge in [0.2, 0.25) is 0 Å². The lowest BCUT2D eigenvalue weighted by atomic mass is 10.2. The average molecular weight is 263 g/mol. The summed E-state index contributed by atoms with van der Waals surface area (Å²) < 4.78 is 4.81. The molecule has 0 bridgehead atoms. The Labute approximate surface area is 104 Å². The molecule has 0 aliphatic heterocycles. The first-order valence-electron chi connectivity index (χ1n) is 4.58. The molecule has 0 spiro atoms. The Balaban J connectivity index is 2.76. The number of carbonyl (C=O) groups is 1. The molecule has 0 atom stereocenters. The van der Waals surface area contributed by atoms with Gasteiger partial charge < -0.3 is 15.8 Å². The molecule has 0 heterocycles. The van der Waals surface area contributed by atoms with E-state index in [0.717, 1.165) is 0 Å². The predicted octanol–water partition coefficient (Wildman–Crippen LogP) is 1.95. The van der Waals surface area contributed by atoms with Gasteiger partial charge in [-0.25, -0.2) is 0 Å². The van der Waals surface area contributed by atoms with Gasteiger partial charge in [0.1, 0.15) is 0 Å². The van der Waals surface area contributed by atoms with Crippen LogP contribution in [0.25, 0.3) is 0 Å². The SMILES string of the molecule is COCCNC(=O)c1cc(Cl)c(N)c(Cl)c1. The summed E-state index contributed by atoms with van der Waals surface area (Å²) >= 11 is 11.6. The number of rotatable bonds is 4. The van der Waals surface area contributed by atoms with E-state index < -0.39 is 0 Å². The van der Waals surface area contributed by atoms with E-state index in [9.17, 15) is 4.79 Å². The summed E-state index contributed by atoms with van der Waals surface area (Å²) in [5.41, 5.74) is 6.21. The minimum absolute atomic E-state index is 0.263. The lowest BCUT2D eigenvalue weighted by molar-refractivity contribution is 0.0937. The fraction of sp³-hybridized carbons (Fsp3) is 0.300. The summed E-state index contributed by atoms with van der Waals surface area (Å²) in [6.07, 6.45) is 0. The van der Waals surface area contributed by atoms with Crippen molar-refractivity contribution in [3.05, 3.63) is 27.7 Å². The molecule has 0 aliphatic rings. The molecule has 0 saturated heterocycles. The summed E-state index contributed by atoms with van der Waals surface area (Å²) in [5.74, 6) is -0.263. The molecule has 1 aromatic rings. The lowest BCUT2D eigenvalue weighted by Crippen LogP contribution is -2.26. The molecule has 6 heteroatoms. The molecule has 0 saturated carbocycles. The summed E-state index contributed by atoms with van der Waals surface area (Å²) in [6.45, 7) is 0.872. The maximum absolute atomic E-state index is 11.6. The number of anilines is 1. The quantitative estimate of drug-likeness (QED) is 0.644. The molecule has 0 unspecified atom stereocenters. The Kier molecular flexibility index (Phi) is 4.86. The summed E-state index contributed by atoms with van der Waals surface area (Å²) in [7, 11) is 1.56. The zero-order valence-corrected chi connectivity index (χ0v) is 10.2. The third-order valence-electron chi connectivity index (χ3n) is 1.93. The first-order valence-corrected chi connectivity index (χ1v) is 5.33. The standard InChI is InChI=1S/C10H12Cl2N2O2/c1-16-3-2-14-10(15)6-4-7(11)9(13)8(12)5-6/h4-5H,2-3,13H2,1H3,(H,14,15). The van der Waals surface area contributed by atoms with Crippen molar-refractivity contribution >= 4 is 34.8 Å². The molecular formula is C10H12Cl2N2O2. The van der Waals surface area contributed by atoms with Crippen molar-refractivity contribution in [1.29, 1.82) is 0 Å². The number of hydrogen-bond acceptors (Lipinski definition) is 3. The monoisotopic (exact) mass is 262 g/mol.